The van der Waals surface area contributed by atoms with Gasteiger partial charge in [-0.15, -0.1) is 0 Å². The predicted molar refractivity (Wildman–Crippen MR) is 80.7 cm³/mol. The summed E-state index contributed by atoms with van der Waals surface area (Å²) in [4.78, 5) is 22.7. The second kappa shape index (κ2) is 7.13. The number of hydrogen-bond acceptors (Lipinski definition) is 2. The van der Waals surface area contributed by atoms with E-state index in [1.165, 1.54) is 0 Å². The molecule has 0 saturated heterocycles. The molecule has 0 bridgehead atoms. The molecule has 1 aromatic rings. The van der Waals surface area contributed by atoms with Gasteiger partial charge in [0.25, 0.3) is 0 Å². The summed E-state index contributed by atoms with van der Waals surface area (Å²) in [5.74, 6) is 0.135. The average molecular weight is 328 g/mol. The second-order valence-electron chi connectivity index (χ2n) is 4.42. The van der Waals surface area contributed by atoms with Gasteiger partial charge in [-0.1, -0.05) is 29.8 Å². The third-order valence-electron chi connectivity index (χ3n) is 2.47. The first kappa shape index (κ1) is 15.5. The first-order valence-corrected chi connectivity index (χ1v) is 6.89. The van der Waals surface area contributed by atoms with Crippen LogP contribution in [0, 0.1) is 5.92 Å². The van der Waals surface area contributed by atoms with Gasteiger partial charge in [-0.3, -0.25) is 4.79 Å². The molecule has 0 radical (unpaired) electrons. The Kier molecular flexibility index (Phi) is 5.82. The van der Waals surface area contributed by atoms with Crippen LogP contribution < -0.4 is 16.0 Å². The number of rotatable bonds is 4. The van der Waals surface area contributed by atoms with Crippen LogP contribution in [-0.4, -0.2) is 23.8 Å². The number of carbonyl (C=O) groups excluding carboxylic acids is 2. The fourth-order valence-electron chi connectivity index (χ4n) is 1.34. The van der Waals surface area contributed by atoms with Gasteiger partial charge >= 0.3 is 6.03 Å². The summed E-state index contributed by atoms with van der Waals surface area (Å²) in [5, 5.41) is 7.91. The first-order chi connectivity index (χ1) is 8.93. The lowest BCUT2D eigenvalue weighted by Crippen LogP contribution is -2.27. The fraction of sp³-hybridized carbons (Fsp3) is 0.385. The van der Waals surface area contributed by atoms with E-state index < -0.39 is 0 Å². The van der Waals surface area contributed by atoms with Crippen LogP contribution in [-0.2, 0) is 4.79 Å². The second-order valence-corrected chi connectivity index (χ2v) is 5.40. The van der Waals surface area contributed by atoms with Crippen LogP contribution in [0.25, 0.3) is 0 Å². The number of carbonyl (C=O) groups is 2. The molecule has 0 aromatic heterocycles. The quantitative estimate of drug-likeness (QED) is 0.744. The zero-order valence-corrected chi connectivity index (χ0v) is 12.7. The average Bonchev–Trinajstić information content (AvgIpc) is 2.39. The third kappa shape index (κ3) is 4.90. The summed E-state index contributed by atoms with van der Waals surface area (Å²) in [5.41, 5.74) is 1.36. The number of halogens is 1. The molecular formula is C13H18BrN3O2. The Morgan fingerprint density at radius 1 is 1.05 bits per heavy atom. The lowest BCUT2D eigenvalue weighted by molar-refractivity contribution is -0.116. The van der Waals surface area contributed by atoms with Crippen molar-refractivity contribution in [2.75, 3.05) is 17.7 Å². The van der Waals surface area contributed by atoms with E-state index in [-0.39, 0.29) is 22.7 Å². The zero-order valence-electron chi connectivity index (χ0n) is 11.2. The van der Waals surface area contributed by atoms with E-state index in [2.05, 4.69) is 31.9 Å². The van der Waals surface area contributed by atoms with Crippen molar-refractivity contribution < 1.29 is 9.59 Å². The van der Waals surface area contributed by atoms with E-state index in [0.29, 0.717) is 11.4 Å². The van der Waals surface area contributed by atoms with E-state index in [4.69, 9.17) is 0 Å². The molecule has 0 aliphatic heterocycles. The van der Waals surface area contributed by atoms with Crippen LogP contribution in [0.3, 0.4) is 0 Å². The molecule has 3 amide bonds. The van der Waals surface area contributed by atoms with Gasteiger partial charge in [0.2, 0.25) is 5.91 Å². The zero-order chi connectivity index (χ0) is 14.4. The van der Waals surface area contributed by atoms with Crippen LogP contribution in [0.4, 0.5) is 16.2 Å². The normalized spacial score (nSPS) is 11.8. The topological polar surface area (TPSA) is 70.2 Å². The van der Waals surface area contributed by atoms with E-state index in [1.807, 2.05) is 13.8 Å². The van der Waals surface area contributed by atoms with Gasteiger partial charge in [0, 0.05) is 18.4 Å². The van der Waals surface area contributed by atoms with E-state index in [0.717, 1.165) is 0 Å². The van der Waals surface area contributed by atoms with Crippen molar-refractivity contribution in [1.82, 2.24) is 5.32 Å². The van der Waals surface area contributed by atoms with Crippen LogP contribution in [0.2, 0.25) is 0 Å². The summed E-state index contributed by atoms with van der Waals surface area (Å²) in [6.07, 6.45) is 0. The lowest BCUT2D eigenvalue weighted by Gasteiger charge is -2.14. The molecule has 0 heterocycles. The molecule has 3 N–H and O–H groups in total. The van der Waals surface area contributed by atoms with Crippen LogP contribution in [0.15, 0.2) is 24.3 Å². The molecule has 0 fully saturated rings. The van der Waals surface area contributed by atoms with E-state index >= 15 is 0 Å². The Bertz CT molecular complexity index is 446. The molecule has 6 heteroatoms. The smallest absolute Gasteiger partial charge is 0.318 e. The van der Waals surface area contributed by atoms with Gasteiger partial charge in [0.05, 0.1) is 4.83 Å². The molecule has 1 rings (SSSR count). The van der Waals surface area contributed by atoms with Crippen LogP contribution in [0.1, 0.15) is 13.8 Å². The number of amides is 3. The third-order valence-corrected chi connectivity index (χ3v) is 3.95. The Labute approximate surface area is 121 Å². The van der Waals surface area contributed by atoms with Gasteiger partial charge in [-0.2, -0.15) is 0 Å². The molecule has 19 heavy (non-hydrogen) atoms. The maximum Gasteiger partial charge on any atom is 0.318 e. The maximum absolute atomic E-state index is 11.8. The van der Waals surface area contributed by atoms with Crippen molar-refractivity contribution in [1.29, 1.82) is 0 Å². The predicted octanol–water partition coefficient (Wildman–Crippen LogP) is 2.80. The summed E-state index contributed by atoms with van der Waals surface area (Å²) >= 11 is 3.34. The highest BCUT2D eigenvalue weighted by Crippen LogP contribution is 2.17. The maximum atomic E-state index is 11.8. The molecule has 1 aromatic carbocycles. The molecular weight excluding hydrogens is 310 g/mol. The summed E-state index contributed by atoms with van der Waals surface area (Å²) < 4.78 is 0. The van der Waals surface area contributed by atoms with Gasteiger partial charge in [0.1, 0.15) is 0 Å². The van der Waals surface area contributed by atoms with Gasteiger partial charge < -0.3 is 16.0 Å². The highest BCUT2D eigenvalue weighted by atomic mass is 79.9. The van der Waals surface area contributed by atoms with Crippen molar-refractivity contribution >= 4 is 39.2 Å². The minimum Gasteiger partial charge on any atom is -0.341 e. The van der Waals surface area contributed by atoms with E-state index in [9.17, 15) is 9.59 Å². The highest BCUT2D eigenvalue weighted by Gasteiger charge is 2.18. The fourth-order valence-corrected chi connectivity index (χ4v) is 1.46. The first-order valence-electron chi connectivity index (χ1n) is 5.97. The molecule has 0 spiro atoms. The molecule has 104 valence electrons. The van der Waals surface area contributed by atoms with Gasteiger partial charge in [-0.05, 0) is 30.2 Å². The standard InChI is InChI=1S/C13H18BrN3O2/c1-8(2)11(14)12(18)16-9-4-6-10(7-5-9)17-13(19)15-3/h4-8,11H,1-3H3,(H,16,18)(H2,15,17,19). The molecule has 5 nitrogen and oxygen atoms in total. The number of nitrogens with one attached hydrogen (secondary N) is 3. The highest BCUT2D eigenvalue weighted by molar-refractivity contribution is 9.10. The Morgan fingerprint density at radius 2 is 1.53 bits per heavy atom. The summed E-state index contributed by atoms with van der Waals surface area (Å²) in [6, 6.07) is 6.65. The Hall–Kier alpha value is -1.56. The van der Waals surface area contributed by atoms with Crippen LogP contribution >= 0.6 is 15.9 Å². The van der Waals surface area contributed by atoms with E-state index in [1.54, 1.807) is 31.3 Å². The lowest BCUT2D eigenvalue weighted by atomic mass is 10.1. The summed E-state index contributed by atoms with van der Waals surface area (Å²) in [6.45, 7) is 3.94. The molecule has 0 saturated carbocycles. The summed E-state index contributed by atoms with van der Waals surface area (Å²) in [7, 11) is 1.55. The van der Waals surface area contributed by atoms with Gasteiger partial charge in [-0.25, -0.2) is 4.79 Å². The van der Waals surface area contributed by atoms with Crippen molar-refractivity contribution in [3.8, 4) is 0 Å². The molecule has 1 atom stereocenters. The number of benzene rings is 1. The van der Waals surface area contributed by atoms with Gasteiger partial charge in [0.15, 0.2) is 0 Å². The van der Waals surface area contributed by atoms with Crippen molar-refractivity contribution in [3.63, 3.8) is 0 Å². The monoisotopic (exact) mass is 327 g/mol. The minimum atomic E-state index is -0.280. The van der Waals surface area contributed by atoms with Crippen LogP contribution in [0.5, 0.6) is 0 Å². The number of urea groups is 1. The number of anilines is 2. The Morgan fingerprint density at radius 3 is 1.95 bits per heavy atom. The van der Waals surface area contributed by atoms with Crippen molar-refractivity contribution in [3.05, 3.63) is 24.3 Å². The van der Waals surface area contributed by atoms with Crippen molar-refractivity contribution in [2.45, 2.75) is 18.7 Å². The largest absolute Gasteiger partial charge is 0.341 e. The number of hydrogen-bond donors (Lipinski definition) is 3. The Balaban J connectivity index is 2.62. The molecule has 0 aliphatic carbocycles. The van der Waals surface area contributed by atoms with Crippen molar-refractivity contribution in [2.24, 2.45) is 5.92 Å². The molecule has 1 unspecified atom stereocenters. The molecule has 0 aliphatic rings. The minimum absolute atomic E-state index is 0.0815. The number of alkyl halides is 1. The SMILES string of the molecule is CNC(=O)Nc1ccc(NC(=O)C(Br)C(C)C)cc1.